The summed E-state index contributed by atoms with van der Waals surface area (Å²) in [5.74, 6) is -0.951. The van der Waals surface area contributed by atoms with Crippen molar-refractivity contribution in [2.45, 2.75) is 7.43 Å². The molecule has 6 rings (SSSR count). The van der Waals surface area contributed by atoms with Crippen molar-refractivity contribution in [3.8, 4) is 0 Å². The first kappa shape index (κ1) is 32.2. The van der Waals surface area contributed by atoms with Gasteiger partial charge in [-0.3, -0.25) is 29.5 Å². The summed E-state index contributed by atoms with van der Waals surface area (Å²) >= 11 is 22.0. The van der Waals surface area contributed by atoms with Crippen molar-refractivity contribution in [1.29, 1.82) is 0 Å². The zero-order valence-electron chi connectivity index (χ0n) is 20.4. The lowest BCUT2D eigenvalue weighted by Crippen LogP contribution is -1.96. The molecular weight excluding hydrogens is 626 g/mol. The quantitative estimate of drug-likeness (QED) is 0.195. The van der Waals surface area contributed by atoms with Crippen LogP contribution in [-0.2, 0) is 0 Å². The van der Waals surface area contributed by atoms with E-state index < -0.39 is 16.5 Å². The van der Waals surface area contributed by atoms with Crippen LogP contribution in [0.3, 0.4) is 0 Å². The molecule has 0 atom stereocenters. The van der Waals surface area contributed by atoms with Crippen LogP contribution >= 0.6 is 46.4 Å². The van der Waals surface area contributed by atoms with E-state index in [2.05, 4.69) is 29.9 Å². The number of benzene rings is 3. The number of carbonyl (C=O) groups is 3. The van der Waals surface area contributed by atoms with E-state index >= 15 is 0 Å². The minimum Gasteiger partial charge on any atom is -0.478 e. The van der Waals surface area contributed by atoms with Crippen molar-refractivity contribution in [3.05, 3.63) is 106 Å². The maximum Gasteiger partial charge on any atom is 0.335 e. The minimum absolute atomic E-state index is 0. The van der Waals surface area contributed by atoms with Gasteiger partial charge in [0.2, 0.25) is 0 Å². The number of hydrogen-bond donors (Lipinski definition) is 1. The normalized spacial score (nSPS) is 10.1. The van der Waals surface area contributed by atoms with Crippen LogP contribution in [0.5, 0.6) is 0 Å². The van der Waals surface area contributed by atoms with Gasteiger partial charge >= 0.3 is 5.97 Å². The predicted octanol–water partition coefficient (Wildman–Crippen LogP) is 7.29. The Morgan fingerprint density at radius 3 is 1.52 bits per heavy atom. The van der Waals surface area contributed by atoms with Crippen LogP contribution in [0.15, 0.2) is 79.4 Å². The van der Waals surface area contributed by atoms with Crippen molar-refractivity contribution in [2.24, 2.45) is 0 Å². The molecule has 10 nitrogen and oxygen atoms in total. The Labute approximate surface area is 258 Å². The number of hydrogen-bond acceptors (Lipinski definition) is 9. The third kappa shape index (κ3) is 8.34. The van der Waals surface area contributed by atoms with E-state index in [1.54, 1.807) is 48.7 Å². The lowest BCUT2D eigenvalue weighted by Gasteiger charge is -1.98. The first-order chi connectivity index (χ1) is 19.6. The first-order valence-electron chi connectivity index (χ1n) is 11.3. The number of carboxylic acid groups (broad SMARTS) is 1. The standard InChI is InChI=1S/2C9H4Cl2N2O.C9H6N2O2.CH4/c10-8-4-12-7-3-5(9(11)14)1-2-6(7)13-8;10-8-4-12-6-2-1-5(9(11)14)3-7(6)13-8;12-9(13)6-1-2-7-8(5-6)11-4-3-10-7;/h2*1-4H;1-5H,(H,12,13);1H4. The largest absolute Gasteiger partial charge is 0.478 e. The molecule has 0 spiro atoms. The second kappa shape index (κ2) is 14.5. The second-order valence-corrected chi connectivity index (χ2v) is 9.37. The maximum atomic E-state index is 10.9. The van der Waals surface area contributed by atoms with E-state index in [9.17, 15) is 14.4 Å². The van der Waals surface area contributed by atoms with Crippen molar-refractivity contribution in [1.82, 2.24) is 29.9 Å². The van der Waals surface area contributed by atoms with Gasteiger partial charge in [-0.15, -0.1) is 0 Å². The molecule has 3 aromatic heterocycles. The van der Waals surface area contributed by atoms with E-state index in [1.807, 2.05) is 0 Å². The Morgan fingerprint density at radius 1 is 0.548 bits per heavy atom. The average molecular weight is 644 g/mol. The summed E-state index contributed by atoms with van der Waals surface area (Å²) in [5, 5.41) is 8.28. The van der Waals surface area contributed by atoms with Crippen molar-refractivity contribution >= 4 is 96.0 Å². The zero-order chi connectivity index (χ0) is 29.5. The van der Waals surface area contributed by atoms with Gasteiger partial charge in [-0.1, -0.05) is 30.6 Å². The maximum absolute atomic E-state index is 10.9. The highest BCUT2D eigenvalue weighted by atomic mass is 35.5. The summed E-state index contributed by atoms with van der Waals surface area (Å²) in [6.07, 6.45) is 5.98. The molecule has 3 heterocycles. The predicted molar refractivity (Wildman–Crippen MR) is 163 cm³/mol. The number of rotatable bonds is 3. The van der Waals surface area contributed by atoms with Crippen LogP contribution in [0.1, 0.15) is 38.5 Å². The van der Waals surface area contributed by atoms with Crippen LogP contribution in [0, 0.1) is 0 Å². The number of nitrogens with zero attached hydrogens (tertiary/aromatic N) is 6. The van der Waals surface area contributed by atoms with Crippen molar-refractivity contribution in [3.63, 3.8) is 0 Å². The Balaban J connectivity index is 0.000000171. The summed E-state index contributed by atoms with van der Waals surface area (Å²) in [4.78, 5) is 56.4. The first-order valence-corrected chi connectivity index (χ1v) is 12.8. The fourth-order valence-electron chi connectivity index (χ4n) is 3.32. The van der Waals surface area contributed by atoms with E-state index in [4.69, 9.17) is 51.5 Å². The van der Waals surface area contributed by atoms with E-state index in [1.165, 1.54) is 30.7 Å². The number of carbonyl (C=O) groups excluding carboxylic acids is 2. The number of aromatic carboxylic acids is 1. The minimum atomic E-state index is -0.951. The van der Waals surface area contributed by atoms with E-state index in [0.29, 0.717) is 49.4 Å². The van der Waals surface area contributed by atoms with Gasteiger partial charge in [0.05, 0.1) is 51.1 Å². The molecule has 0 fully saturated rings. The monoisotopic (exact) mass is 642 g/mol. The molecule has 0 saturated heterocycles. The third-order valence-electron chi connectivity index (χ3n) is 5.20. The van der Waals surface area contributed by atoms with Gasteiger partial charge in [0, 0.05) is 23.5 Å². The molecule has 0 aliphatic heterocycles. The molecular formula is C28H18Cl4N6O4. The summed E-state index contributed by atoms with van der Waals surface area (Å²) < 4.78 is 0. The summed E-state index contributed by atoms with van der Waals surface area (Å²) in [6.45, 7) is 0. The molecule has 0 unspecified atom stereocenters. The summed E-state index contributed by atoms with van der Waals surface area (Å²) in [7, 11) is 0. The van der Waals surface area contributed by atoms with Crippen LogP contribution < -0.4 is 0 Å². The molecule has 6 aromatic rings. The van der Waals surface area contributed by atoms with Gasteiger partial charge in [0.1, 0.15) is 10.3 Å². The van der Waals surface area contributed by atoms with E-state index in [0.717, 1.165) is 0 Å². The van der Waals surface area contributed by atoms with E-state index in [-0.39, 0.29) is 18.1 Å². The highest BCUT2D eigenvalue weighted by Crippen LogP contribution is 2.17. The van der Waals surface area contributed by atoms with Crippen molar-refractivity contribution in [2.75, 3.05) is 0 Å². The molecule has 0 amide bonds. The molecule has 0 radical (unpaired) electrons. The Kier molecular flexibility index (Phi) is 11.1. The van der Waals surface area contributed by atoms with Crippen LogP contribution in [0.25, 0.3) is 33.1 Å². The highest BCUT2D eigenvalue weighted by Gasteiger charge is 2.06. The van der Waals surface area contributed by atoms with Crippen LogP contribution in [0.4, 0.5) is 0 Å². The SMILES string of the molecule is C.O=C(Cl)c1ccc2nc(Cl)cnc2c1.O=C(Cl)c1ccc2ncc(Cl)nc2c1.O=C(O)c1ccc2nccnc2c1. The molecule has 0 aliphatic rings. The zero-order valence-corrected chi connectivity index (χ0v) is 23.4. The molecule has 212 valence electrons. The number of fused-ring (bicyclic) bond motifs is 3. The molecule has 0 bridgehead atoms. The fourth-order valence-corrected chi connectivity index (χ4v) is 3.83. The smallest absolute Gasteiger partial charge is 0.335 e. The average Bonchev–Trinajstić information content (AvgIpc) is 2.96. The number of aromatic nitrogens is 6. The molecule has 14 heteroatoms. The Morgan fingerprint density at radius 2 is 0.952 bits per heavy atom. The third-order valence-corrected chi connectivity index (χ3v) is 6.00. The summed E-state index contributed by atoms with van der Waals surface area (Å²) in [5.41, 5.74) is 4.79. The molecule has 0 saturated carbocycles. The fraction of sp³-hybridized carbons (Fsp3) is 0.0357. The van der Waals surface area contributed by atoms with Gasteiger partial charge in [-0.25, -0.2) is 14.8 Å². The number of carboxylic acids is 1. The molecule has 42 heavy (non-hydrogen) atoms. The Hall–Kier alpha value is -4.35. The van der Waals surface area contributed by atoms with Gasteiger partial charge in [0.25, 0.3) is 10.5 Å². The van der Waals surface area contributed by atoms with Gasteiger partial charge < -0.3 is 5.11 Å². The lowest BCUT2D eigenvalue weighted by molar-refractivity contribution is 0.0696. The van der Waals surface area contributed by atoms with Crippen LogP contribution in [0.2, 0.25) is 10.3 Å². The van der Waals surface area contributed by atoms with Gasteiger partial charge in [-0.2, -0.15) is 0 Å². The molecule has 0 aliphatic carbocycles. The topological polar surface area (TPSA) is 149 Å². The van der Waals surface area contributed by atoms with Gasteiger partial charge in [-0.05, 0) is 77.8 Å². The summed E-state index contributed by atoms with van der Waals surface area (Å²) in [6, 6.07) is 14.3. The van der Waals surface area contributed by atoms with Gasteiger partial charge in [0.15, 0.2) is 0 Å². The number of halogens is 4. The molecule has 1 N–H and O–H groups in total. The van der Waals surface area contributed by atoms with Crippen molar-refractivity contribution < 1.29 is 19.5 Å². The second-order valence-electron chi connectivity index (χ2n) is 7.90. The Bertz CT molecular complexity index is 1940. The van der Waals surface area contributed by atoms with Crippen LogP contribution in [-0.4, -0.2) is 51.5 Å². The highest BCUT2D eigenvalue weighted by molar-refractivity contribution is 6.68. The molecule has 3 aromatic carbocycles. The lowest BCUT2D eigenvalue weighted by atomic mass is 10.2.